The number of benzene rings is 2. The molecule has 1 fully saturated rings. The standard InChI is InChI=1S/C31H42N2O5/c1-3-5-6-24(25-18-26(32)20-27(33)19-25)21-37-30(34)16-9-22-7-12-29(13-8-22)38-31(35)23-10-14-28(15-11-23)36-17-4-2/h7-9,12-13,16,18-20,23-24,28H,3-6,10-11,14-15,17,21,32-33H2,1-2H3. The van der Waals surface area contributed by atoms with E-state index in [0.29, 0.717) is 17.1 Å². The second kappa shape index (κ2) is 15.2. The van der Waals surface area contributed by atoms with Gasteiger partial charge >= 0.3 is 11.9 Å². The Kier molecular flexibility index (Phi) is 11.7. The highest BCUT2D eigenvalue weighted by Crippen LogP contribution is 2.29. The molecule has 206 valence electrons. The van der Waals surface area contributed by atoms with Crippen LogP contribution >= 0.6 is 0 Å². The summed E-state index contributed by atoms with van der Waals surface area (Å²) < 4.78 is 16.9. The van der Waals surface area contributed by atoms with Gasteiger partial charge in [0.1, 0.15) is 5.75 Å². The van der Waals surface area contributed by atoms with Crippen molar-refractivity contribution in [2.75, 3.05) is 24.7 Å². The molecule has 38 heavy (non-hydrogen) atoms. The molecule has 0 aromatic heterocycles. The van der Waals surface area contributed by atoms with Crippen molar-refractivity contribution in [3.8, 4) is 5.75 Å². The molecule has 7 heteroatoms. The van der Waals surface area contributed by atoms with Gasteiger partial charge in [-0.15, -0.1) is 0 Å². The smallest absolute Gasteiger partial charge is 0.330 e. The number of nitrogens with two attached hydrogens (primary N) is 2. The molecule has 1 atom stereocenters. The predicted octanol–water partition coefficient (Wildman–Crippen LogP) is 6.27. The Bertz CT molecular complexity index is 1040. The van der Waals surface area contributed by atoms with Crippen LogP contribution in [-0.4, -0.2) is 31.3 Å². The molecule has 0 bridgehead atoms. The number of esters is 2. The number of rotatable bonds is 13. The van der Waals surface area contributed by atoms with Crippen molar-refractivity contribution in [1.29, 1.82) is 0 Å². The summed E-state index contributed by atoms with van der Waals surface area (Å²) in [6.07, 6.45) is 10.7. The molecule has 0 aliphatic heterocycles. The summed E-state index contributed by atoms with van der Waals surface area (Å²) in [6.45, 7) is 5.26. The van der Waals surface area contributed by atoms with Gasteiger partial charge in [0.15, 0.2) is 0 Å². The van der Waals surface area contributed by atoms with E-state index in [1.54, 1.807) is 24.3 Å². The number of unbranched alkanes of at least 4 members (excludes halogenated alkanes) is 1. The highest BCUT2D eigenvalue weighted by molar-refractivity contribution is 5.87. The van der Waals surface area contributed by atoms with Crippen LogP contribution in [0.3, 0.4) is 0 Å². The maximum Gasteiger partial charge on any atom is 0.330 e. The van der Waals surface area contributed by atoms with Gasteiger partial charge < -0.3 is 25.7 Å². The second-order valence-corrected chi connectivity index (χ2v) is 10.1. The molecule has 0 radical (unpaired) electrons. The average molecular weight is 523 g/mol. The Morgan fingerprint density at radius 2 is 1.66 bits per heavy atom. The van der Waals surface area contributed by atoms with E-state index in [9.17, 15) is 9.59 Å². The first-order chi connectivity index (χ1) is 18.4. The number of nitrogen functional groups attached to an aromatic ring is 2. The van der Waals surface area contributed by atoms with E-state index in [4.69, 9.17) is 25.7 Å². The van der Waals surface area contributed by atoms with Crippen LogP contribution in [0.1, 0.15) is 82.3 Å². The molecule has 0 amide bonds. The lowest BCUT2D eigenvalue weighted by molar-refractivity contribution is -0.141. The zero-order valence-corrected chi connectivity index (χ0v) is 22.7. The van der Waals surface area contributed by atoms with Gasteiger partial charge in [0.05, 0.1) is 18.6 Å². The molecule has 1 saturated carbocycles. The lowest BCUT2D eigenvalue weighted by atomic mass is 9.87. The van der Waals surface area contributed by atoms with Gasteiger partial charge in [-0.25, -0.2) is 4.79 Å². The minimum absolute atomic E-state index is 0.0333. The lowest BCUT2D eigenvalue weighted by Crippen LogP contribution is -2.29. The number of carbonyl (C=O) groups excluding carboxylic acids is 2. The van der Waals surface area contributed by atoms with Crippen LogP contribution in [0.15, 0.2) is 48.5 Å². The van der Waals surface area contributed by atoms with E-state index in [1.165, 1.54) is 6.08 Å². The third kappa shape index (κ3) is 9.53. The summed E-state index contributed by atoms with van der Waals surface area (Å²) in [5.74, 6) is -0.163. The molecule has 0 spiro atoms. The SMILES string of the molecule is CCCCC(COC(=O)C=Cc1ccc(OC(=O)C2CCC(OCCC)CC2)cc1)c1cc(N)cc(N)c1. The summed E-state index contributed by atoms with van der Waals surface area (Å²) in [6, 6.07) is 12.6. The van der Waals surface area contributed by atoms with Crippen molar-refractivity contribution in [3.63, 3.8) is 0 Å². The zero-order chi connectivity index (χ0) is 27.3. The second-order valence-electron chi connectivity index (χ2n) is 10.1. The topological polar surface area (TPSA) is 114 Å². The van der Waals surface area contributed by atoms with Gasteiger partial charge in [-0.2, -0.15) is 0 Å². The summed E-state index contributed by atoms with van der Waals surface area (Å²) in [7, 11) is 0. The first-order valence-corrected chi connectivity index (χ1v) is 13.8. The van der Waals surface area contributed by atoms with E-state index in [2.05, 4.69) is 13.8 Å². The van der Waals surface area contributed by atoms with Gasteiger partial charge in [0.2, 0.25) is 0 Å². The fraction of sp³-hybridized carbons (Fsp3) is 0.484. The monoisotopic (exact) mass is 522 g/mol. The fourth-order valence-electron chi connectivity index (χ4n) is 4.73. The predicted molar refractivity (Wildman–Crippen MR) is 152 cm³/mol. The van der Waals surface area contributed by atoms with E-state index < -0.39 is 5.97 Å². The molecule has 3 rings (SSSR count). The number of anilines is 2. The number of hydrogen-bond donors (Lipinski definition) is 2. The third-order valence-electron chi connectivity index (χ3n) is 6.88. The van der Waals surface area contributed by atoms with Crippen LogP contribution in [0.25, 0.3) is 6.08 Å². The highest BCUT2D eigenvalue weighted by Gasteiger charge is 2.28. The van der Waals surface area contributed by atoms with Crippen LogP contribution in [-0.2, 0) is 19.1 Å². The summed E-state index contributed by atoms with van der Waals surface area (Å²) in [5.41, 5.74) is 14.9. The molecular formula is C31H42N2O5. The molecule has 4 N–H and O–H groups in total. The normalized spacial score (nSPS) is 18.3. The van der Waals surface area contributed by atoms with Crippen LogP contribution in [0.4, 0.5) is 11.4 Å². The minimum Gasteiger partial charge on any atom is -0.462 e. The maximum absolute atomic E-state index is 12.6. The third-order valence-corrected chi connectivity index (χ3v) is 6.88. The molecule has 2 aromatic carbocycles. The Labute approximate surface area is 226 Å². The average Bonchev–Trinajstić information content (AvgIpc) is 2.91. The molecular weight excluding hydrogens is 480 g/mol. The van der Waals surface area contributed by atoms with Crippen LogP contribution in [0, 0.1) is 5.92 Å². The quantitative estimate of drug-likeness (QED) is 0.138. The highest BCUT2D eigenvalue weighted by atomic mass is 16.5. The Morgan fingerprint density at radius 1 is 0.974 bits per heavy atom. The van der Waals surface area contributed by atoms with Gasteiger partial charge in [-0.1, -0.05) is 38.8 Å². The van der Waals surface area contributed by atoms with E-state index in [0.717, 1.165) is 69.1 Å². The minimum atomic E-state index is -0.419. The van der Waals surface area contributed by atoms with Crippen molar-refractivity contribution in [2.45, 2.75) is 77.2 Å². The van der Waals surface area contributed by atoms with Gasteiger partial charge in [-0.05, 0) is 86.1 Å². The Morgan fingerprint density at radius 3 is 2.29 bits per heavy atom. The first-order valence-electron chi connectivity index (χ1n) is 13.8. The van der Waals surface area contributed by atoms with Crippen molar-refractivity contribution in [3.05, 3.63) is 59.7 Å². The molecule has 1 aliphatic rings. The van der Waals surface area contributed by atoms with Gasteiger partial charge in [0.25, 0.3) is 0 Å². The maximum atomic E-state index is 12.6. The first kappa shape index (κ1) is 29.2. The van der Waals surface area contributed by atoms with Crippen LogP contribution in [0.5, 0.6) is 5.75 Å². The Balaban J connectivity index is 1.47. The van der Waals surface area contributed by atoms with Crippen molar-refractivity contribution in [2.24, 2.45) is 5.92 Å². The summed E-state index contributed by atoms with van der Waals surface area (Å²) in [4.78, 5) is 25.0. The number of hydrogen-bond acceptors (Lipinski definition) is 7. The fourth-order valence-corrected chi connectivity index (χ4v) is 4.73. The largest absolute Gasteiger partial charge is 0.462 e. The van der Waals surface area contributed by atoms with Crippen molar-refractivity contribution >= 4 is 29.4 Å². The van der Waals surface area contributed by atoms with Crippen LogP contribution < -0.4 is 16.2 Å². The Hall–Kier alpha value is -3.32. The van der Waals surface area contributed by atoms with Gasteiger partial charge in [0, 0.05) is 30.0 Å². The molecule has 0 saturated heterocycles. The molecule has 0 heterocycles. The van der Waals surface area contributed by atoms with Crippen molar-refractivity contribution in [1.82, 2.24) is 0 Å². The number of ether oxygens (including phenoxy) is 3. The number of carbonyl (C=O) groups is 2. The molecule has 1 aliphatic carbocycles. The summed E-state index contributed by atoms with van der Waals surface area (Å²) >= 11 is 0. The zero-order valence-electron chi connectivity index (χ0n) is 22.7. The van der Waals surface area contributed by atoms with E-state index >= 15 is 0 Å². The van der Waals surface area contributed by atoms with Crippen molar-refractivity contribution < 1.29 is 23.8 Å². The summed E-state index contributed by atoms with van der Waals surface area (Å²) in [5, 5.41) is 0. The van der Waals surface area contributed by atoms with Crippen LogP contribution in [0.2, 0.25) is 0 Å². The molecule has 2 aromatic rings. The van der Waals surface area contributed by atoms with Gasteiger partial charge in [-0.3, -0.25) is 4.79 Å². The molecule has 1 unspecified atom stereocenters. The molecule has 7 nitrogen and oxygen atoms in total. The lowest BCUT2D eigenvalue weighted by Gasteiger charge is -2.27. The van der Waals surface area contributed by atoms with E-state index in [-0.39, 0.29) is 30.5 Å². The van der Waals surface area contributed by atoms with E-state index in [1.807, 2.05) is 24.3 Å².